The summed E-state index contributed by atoms with van der Waals surface area (Å²) in [4.78, 5) is 0. The normalized spacial score (nSPS) is 10.6. The molecule has 8 heteroatoms. The van der Waals surface area contributed by atoms with Crippen molar-refractivity contribution < 1.29 is 13.2 Å². The zero-order chi connectivity index (χ0) is 12.4. The van der Waals surface area contributed by atoms with Crippen LogP contribution in [0.5, 0.6) is 0 Å². The summed E-state index contributed by atoms with van der Waals surface area (Å²) in [7, 11) is 0. The average Bonchev–Trinajstić information content (AvgIpc) is 2.71. The molecule has 2 aromatic rings. The van der Waals surface area contributed by atoms with Gasteiger partial charge in [0.2, 0.25) is 5.89 Å². The lowest BCUT2D eigenvalue weighted by atomic mass is 10.3. The van der Waals surface area contributed by atoms with Crippen LogP contribution in [-0.2, 0) is 5.88 Å². The van der Waals surface area contributed by atoms with Crippen LogP contribution in [0.1, 0.15) is 5.89 Å². The number of aromatic nitrogens is 2. The van der Waals surface area contributed by atoms with E-state index in [1.807, 2.05) is 0 Å². The number of alkyl halides is 1. The van der Waals surface area contributed by atoms with Gasteiger partial charge in [0.1, 0.15) is 11.7 Å². The minimum absolute atomic E-state index is 0.0103. The standard InChI is InChI=1S/C9H5BrClF2N3O/c10-5-1-4(12)2-6(13)8(5)14-9-16-15-7(3-11)17-9/h1-2H,3H2,(H,14,16). The van der Waals surface area contributed by atoms with Crippen molar-refractivity contribution in [1.82, 2.24) is 10.2 Å². The lowest BCUT2D eigenvalue weighted by molar-refractivity contribution is 0.528. The molecule has 0 unspecified atom stereocenters. The van der Waals surface area contributed by atoms with E-state index in [-0.39, 0.29) is 27.9 Å². The van der Waals surface area contributed by atoms with Crippen molar-refractivity contribution in [3.8, 4) is 0 Å². The summed E-state index contributed by atoms with van der Waals surface area (Å²) in [5.74, 6) is -1.20. The third-order valence-electron chi connectivity index (χ3n) is 1.82. The van der Waals surface area contributed by atoms with Gasteiger partial charge in [0, 0.05) is 10.5 Å². The predicted molar refractivity (Wildman–Crippen MR) is 61.2 cm³/mol. The van der Waals surface area contributed by atoms with E-state index in [4.69, 9.17) is 16.0 Å². The second-order valence-electron chi connectivity index (χ2n) is 3.00. The first kappa shape index (κ1) is 12.3. The van der Waals surface area contributed by atoms with Crippen molar-refractivity contribution in [1.29, 1.82) is 0 Å². The van der Waals surface area contributed by atoms with Crippen LogP contribution in [0.25, 0.3) is 0 Å². The van der Waals surface area contributed by atoms with Crippen LogP contribution in [0, 0.1) is 11.6 Å². The third-order valence-corrected chi connectivity index (χ3v) is 2.67. The Hall–Kier alpha value is -1.21. The molecule has 0 aliphatic rings. The molecule has 0 amide bonds. The van der Waals surface area contributed by atoms with Gasteiger partial charge in [-0.3, -0.25) is 0 Å². The van der Waals surface area contributed by atoms with Crippen LogP contribution in [0.3, 0.4) is 0 Å². The van der Waals surface area contributed by atoms with E-state index in [1.165, 1.54) is 0 Å². The van der Waals surface area contributed by atoms with Crippen molar-refractivity contribution >= 4 is 39.2 Å². The maximum atomic E-state index is 13.4. The van der Waals surface area contributed by atoms with Crippen LogP contribution in [0.15, 0.2) is 21.0 Å². The summed E-state index contributed by atoms with van der Waals surface area (Å²) in [5.41, 5.74) is 0.0103. The van der Waals surface area contributed by atoms with Gasteiger partial charge in [-0.1, -0.05) is 5.10 Å². The molecule has 0 radical (unpaired) electrons. The largest absolute Gasteiger partial charge is 0.407 e. The van der Waals surface area contributed by atoms with E-state index in [1.54, 1.807) is 0 Å². The highest BCUT2D eigenvalue weighted by Gasteiger charge is 2.13. The number of nitrogens with one attached hydrogen (secondary N) is 1. The molecule has 0 saturated carbocycles. The average molecular weight is 325 g/mol. The van der Waals surface area contributed by atoms with Crippen LogP contribution >= 0.6 is 27.5 Å². The van der Waals surface area contributed by atoms with Gasteiger partial charge in [-0.25, -0.2) is 8.78 Å². The minimum Gasteiger partial charge on any atom is -0.407 e. The first-order chi connectivity index (χ1) is 8.10. The van der Waals surface area contributed by atoms with E-state index in [9.17, 15) is 8.78 Å². The van der Waals surface area contributed by atoms with Crippen molar-refractivity contribution in [2.75, 3.05) is 5.32 Å². The van der Waals surface area contributed by atoms with E-state index < -0.39 is 11.6 Å². The number of hydrogen-bond donors (Lipinski definition) is 1. The predicted octanol–water partition coefficient (Wildman–Crippen LogP) is 3.59. The van der Waals surface area contributed by atoms with E-state index >= 15 is 0 Å². The summed E-state index contributed by atoms with van der Waals surface area (Å²) in [5, 5.41) is 9.71. The fraction of sp³-hybridized carbons (Fsp3) is 0.111. The van der Waals surface area contributed by atoms with Crippen LogP contribution in [-0.4, -0.2) is 10.2 Å². The lowest BCUT2D eigenvalue weighted by Crippen LogP contribution is -1.96. The Bertz CT molecular complexity index is 526. The molecule has 90 valence electrons. The Morgan fingerprint density at radius 2 is 2.12 bits per heavy atom. The zero-order valence-electron chi connectivity index (χ0n) is 8.18. The number of nitrogens with zero attached hydrogens (tertiary/aromatic N) is 2. The molecule has 0 bridgehead atoms. The Balaban J connectivity index is 2.29. The fourth-order valence-electron chi connectivity index (χ4n) is 1.13. The highest BCUT2D eigenvalue weighted by molar-refractivity contribution is 9.10. The van der Waals surface area contributed by atoms with Gasteiger partial charge in [-0.2, -0.15) is 0 Å². The van der Waals surface area contributed by atoms with Crippen LogP contribution < -0.4 is 5.32 Å². The molecule has 0 aliphatic carbocycles. The van der Waals surface area contributed by atoms with Gasteiger partial charge in [-0.15, -0.1) is 16.7 Å². The van der Waals surface area contributed by atoms with E-state index in [0.717, 1.165) is 12.1 Å². The molecule has 1 heterocycles. The molecular formula is C9H5BrClF2N3O. The van der Waals surface area contributed by atoms with Gasteiger partial charge >= 0.3 is 6.01 Å². The summed E-state index contributed by atoms with van der Waals surface area (Å²) in [6.07, 6.45) is 0. The van der Waals surface area contributed by atoms with Crippen molar-refractivity contribution in [2.24, 2.45) is 0 Å². The Kier molecular flexibility index (Phi) is 3.58. The van der Waals surface area contributed by atoms with E-state index in [2.05, 4.69) is 31.4 Å². The summed E-state index contributed by atoms with van der Waals surface area (Å²) >= 11 is 8.49. The van der Waals surface area contributed by atoms with E-state index in [0.29, 0.717) is 0 Å². The molecule has 0 saturated heterocycles. The topological polar surface area (TPSA) is 51.0 Å². The Morgan fingerprint density at radius 3 is 2.71 bits per heavy atom. The summed E-state index contributed by atoms with van der Waals surface area (Å²) in [6.45, 7) is 0. The molecule has 4 nitrogen and oxygen atoms in total. The Morgan fingerprint density at radius 1 is 1.35 bits per heavy atom. The number of benzene rings is 1. The number of hydrogen-bond acceptors (Lipinski definition) is 4. The van der Waals surface area contributed by atoms with Crippen molar-refractivity contribution in [2.45, 2.75) is 5.88 Å². The first-order valence-electron chi connectivity index (χ1n) is 4.40. The molecule has 17 heavy (non-hydrogen) atoms. The van der Waals surface area contributed by atoms with Crippen LogP contribution in [0.2, 0.25) is 0 Å². The Labute approximate surface area is 108 Å². The molecular weight excluding hydrogens is 319 g/mol. The molecule has 0 fully saturated rings. The minimum atomic E-state index is -0.775. The highest BCUT2D eigenvalue weighted by Crippen LogP contribution is 2.29. The van der Waals surface area contributed by atoms with Gasteiger partial charge in [0.15, 0.2) is 5.82 Å². The quantitative estimate of drug-likeness (QED) is 0.877. The molecule has 1 N–H and O–H groups in total. The second kappa shape index (κ2) is 4.97. The van der Waals surface area contributed by atoms with Gasteiger partial charge in [0.25, 0.3) is 0 Å². The molecule has 0 spiro atoms. The van der Waals surface area contributed by atoms with Gasteiger partial charge in [-0.05, 0) is 22.0 Å². The molecule has 1 aromatic carbocycles. The smallest absolute Gasteiger partial charge is 0.320 e. The monoisotopic (exact) mass is 323 g/mol. The van der Waals surface area contributed by atoms with Crippen molar-refractivity contribution in [3.63, 3.8) is 0 Å². The van der Waals surface area contributed by atoms with Gasteiger partial charge < -0.3 is 9.73 Å². The molecule has 0 aliphatic heterocycles. The number of rotatable bonds is 3. The number of anilines is 2. The van der Waals surface area contributed by atoms with Crippen molar-refractivity contribution in [3.05, 3.63) is 34.1 Å². The second-order valence-corrected chi connectivity index (χ2v) is 4.13. The SMILES string of the molecule is Fc1cc(F)c(Nc2nnc(CCl)o2)c(Br)c1. The number of halogens is 4. The maximum Gasteiger partial charge on any atom is 0.320 e. The third kappa shape index (κ3) is 2.73. The highest BCUT2D eigenvalue weighted by atomic mass is 79.9. The summed E-state index contributed by atoms with van der Waals surface area (Å²) in [6, 6.07) is 1.84. The maximum absolute atomic E-state index is 13.4. The summed E-state index contributed by atoms with van der Waals surface area (Å²) < 4.78 is 31.5. The van der Waals surface area contributed by atoms with Gasteiger partial charge in [0.05, 0.1) is 5.69 Å². The lowest BCUT2D eigenvalue weighted by Gasteiger charge is -2.05. The molecule has 1 aromatic heterocycles. The zero-order valence-corrected chi connectivity index (χ0v) is 10.5. The first-order valence-corrected chi connectivity index (χ1v) is 5.73. The van der Waals surface area contributed by atoms with Crippen LogP contribution in [0.4, 0.5) is 20.5 Å². The fourth-order valence-corrected chi connectivity index (χ4v) is 1.74. The molecule has 2 rings (SSSR count). The molecule has 0 atom stereocenters.